The van der Waals surface area contributed by atoms with Crippen molar-refractivity contribution in [2.75, 3.05) is 25.6 Å². The predicted molar refractivity (Wildman–Crippen MR) is 121 cm³/mol. The summed E-state index contributed by atoms with van der Waals surface area (Å²) in [5.74, 6) is -1.01. The number of nitrogens with zero attached hydrogens (tertiary/aromatic N) is 1. The van der Waals surface area contributed by atoms with Crippen molar-refractivity contribution in [3.63, 3.8) is 0 Å². The molecule has 1 N–H and O–H groups in total. The number of esters is 1. The summed E-state index contributed by atoms with van der Waals surface area (Å²) in [7, 11) is 1.59. The lowest BCUT2D eigenvalue weighted by Gasteiger charge is -2.28. The molecule has 3 rings (SSSR count). The lowest BCUT2D eigenvalue weighted by Crippen LogP contribution is -2.32. The van der Waals surface area contributed by atoms with Crippen LogP contribution in [0, 0.1) is 12.8 Å². The molecule has 0 aliphatic carbocycles. The number of nitrogens with one attached hydrogen (secondary N) is 1. The second-order valence-electron chi connectivity index (χ2n) is 7.99. The number of ether oxygens (including phenoxy) is 2. The maximum Gasteiger partial charge on any atom is 0.312 e. The lowest BCUT2D eigenvalue weighted by atomic mass is 9.93. The molecular weight excluding hydrogens is 408 g/mol. The molecule has 1 heterocycles. The van der Waals surface area contributed by atoms with Gasteiger partial charge in [-0.25, -0.2) is 0 Å². The van der Waals surface area contributed by atoms with Gasteiger partial charge in [0.25, 0.3) is 5.91 Å². The van der Waals surface area contributed by atoms with Crippen LogP contribution < -0.4 is 10.1 Å². The second-order valence-corrected chi connectivity index (χ2v) is 7.99. The Morgan fingerprint density at radius 2 is 1.78 bits per heavy atom. The summed E-state index contributed by atoms with van der Waals surface area (Å²) in [6.45, 7) is 4.19. The zero-order valence-electron chi connectivity index (χ0n) is 18.8. The molecule has 1 saturated heterocycles. The molecular formula is C25H30N2O5. The Bertz CT molecular complexity index is 940. The van der Waals surface area contributed by atoms with Crippen LogP contribution in [0.4, 0.5) is 5.69 Å². The van der Waals surface area contributed by atoms with E-state index in [0.717, 1.165) is 24.0 Å². The van der Waals surface area contributed by atoms with Crippen LogP contribution in [-0.2, 0) is 19.1 Å². The standard InChI is InChI=1S/C25H30N2O5/c1-4-5-14-27-23(29)15-21(24(27)18-8-12-20(31-3)13-9-18)25(30)32-16-22(28)26-19-10-6-17(2)7-11-19/h6-13,21,24H,4-5,14-16H2,1-3H3,(H,26,28)/t21-,24-/m1/s1. The van der Waals surface area contributed by atoms with Gasteiger partial charge < -0.3 is 19.7 Å². The fourth-order valence-corrected chi connectivity index (χ4v) is 3.88. The van der Waals surface area contributed by atoms with E-state index in [0.29, 0.717) is 18.0 Å². The van der Waals surface area contributed by atoms with Gasteiger partial charge in [-0.1, -0.05) is 43.2 Å². The number of amides is 2. The molecule has 0 unspecified atom stereocenters. The maximum atomic E-state index is 12.9. The first-order chi connectivity index (χ1) is 15.4. The number of hydrogen-bond donors (Lipinski definition) is 1. The normalized spacial score (nSPS) is 17.8. The van der Waals surface area contributed by atoms with E-state index >= 15 is 0 Å². The van der Waals surface area contributed by atoms with Crippen molar-refractivity contribution >= 4 is 23.5 Å². The minimum Gasteiger partial charge on any atom is -0.497 e. The summed E-state index contributed by atoms with van der Waals surface area (Å²) >= 11 is 0. The van der Waals surface area contributed by atoms with Gasteiger partial charge in [0, 0.05) is 18.7 Å². The summed E-state index contributed by atoms with van der Waals surface area (Å²) in [6.07, 6.45) is 1.85. The molecule has 2 aromatic rings. The van der Waals surface area contributed by atoms with Crippen molar-refractivity contribution in [1.29, 1.82) is 0 Å². The highest BCUT2D eigenvalue weighted by molar-refractivity contribution is 5.94. The highest BCUT2D eigenvalue weighted by Gasteiger charge is 2.45. The Morgan fingerprint density at radius 3 is 2.41 bits per heavy atom. The molecule has 0 aromatic heterocycles. The monoisotopic (exact) mass is 438 g/mol. The van der Waals surface area contributed by atoms with Gasteiger partial charge in [-0.05, 0) is 43.2 Å². The smallest absolute Gasteiger partial charge is 0.312 e. The molecule has 0 bridgehead atoms. The number of anilines is 1. The van der Waals surface area contributed by atoms with E-state index in [9.17, 15) is 14.4 Å². The second kappa shape index (κ2) is 10.8. The van der Waals surface area contributed by atoms with Crippen LogP contribution in [0.15, 0.2) is 48.5 Å². The molecule has 32 heavy (non-hydrogen) atoms. The van der Waals surface area contributed by atoms with Crippen molar-refractivity contribution in [3.8, 4) is 5.75 Å². The largest absolute Gasteiger partial charge is 0.497 e. The van der Waals surface area contributed by atoms with E-state index in [1.54, 1.807) is 24.1 Å². The van der Waals surface area contributed by atoms with Crippen molar-refractivity contribution in [1.82, 2.24) is 4.90 Å². The average molecular weight is 439 g/mol. The number of hydrogen-bond acceptors (Lipinski definition) is 5. The number of rotatable bonds is 9. The Kier molecular flexibility index (Phi) is 7.87. The van der Waals surface area contributed by atoms with Gasteiger partial charge >= 0.3 is 5.97 Å². The van der Waals surface area contributed by atoms with Crippen LogP contribution in [0.1, 0.15) is 43.4 Å². The van der Waals surface area contributed by atoms with Gasteiger partial charge in [0.05, 0.1) is 19.1 Å². The Hall–Kier alpha value is -3.35. The number of benzene rings is 2. The maximum absolute atomic E-state index is 12.9. The Balaban J connectivity index is 1.69. The quantitative estimate of drug-likeness (QED) is 0.601. The molecule has 1 aliphatic rings. The van der Waals surface area contributed by atoms with Crippen molar-refractivity contribution in [2.45, 2.75) is 39.2 Å². The molecule has 1 aliphatic heterocycles. The van der Waals surface area contributed by atoms with Gasteiger partial charge in [0.1, 0.15) is 5.75 Å². The topological polar surface area (TPSA) is 84.9 Å². The molecule has 0 saturated carbocycles. The zero-order valence-corrected chi connectivity index (χ0v) is 18.8. The number of unbranched alkanes of at least 4 members (excludes halogenated alkanes) is 1. The number of carbonyl (C=O) groups excluding carboxylic acids is 3. The summed E-state index contributed by atoms with van der Waals surface area (Å²) < 4.78 is 10.5. The molecule has 0 radical (unpaired) electrons. The zero-order chi connectivity index (χ0) is 23.1. The third-order valence-electron chi connectivity index (χ3n) is 5.63. The molecule has 0 spiro atoms. The summed E-state index contributed by atoms with van der Waals surface area (Å²) in [6, 6.07) is 14.3. The number of methoxy groups -OCH3 is 1. The molecule has 2 atom stereocenters. The first-order valence-electron chi connectivity index (χ1n) is 10.9. The lowest BCUT2D eigenvalue weighted by molar-refractivity contribution is -0.152. The van der Waals surface area contributed by atoms with Crippen LogP contribution in [0.2, 0.25) is 0 Å². The highest BCUT2D eigenvalue weighted by Crippen LogP contribution is 2.39. The first-order valence-corrected chi connectivity index (χ1v) is 10.9. The molecule has 2 aromatic carbocycles. The average Bonchev–Trinajstić information content (AvgIpc) is 3.13. The van der Waals surface area contributed by atoms with E-state index in [4.69, 9.17) is 9.47 Å². The van der Waals surface area contributed by atoms with Gasteiger partial charge in [0.2, 0.25) is 5.91 Å². The minimum absolute atomic E-state index is 0.0683. The van der Waals surface area contributed by atoms with Gasteiger partial charge in [0.15, 0.2) is 6.61 Å². The Labute approximate surface area is 188 Å². The molecule has 1 fully saturated rings. The van der Waals surface area contributed by atoms with E-state index in [1.165, 1.54) is 0 Å². The van der Waals surface area contributed by atoms with Crippen LogP contribution in [0.3, 0.4) is 0 Å². The number of likely N-dealkylation sites (tertiary alicyclic amines) is 1. The van der Waals surface area contributed by atoms with Gasteiger partial charge in [-0.2, -0.15) is 0 Å². The van der Waals surface area contributed by atoms with Crippen molar-refractivity contribution < 1.29 is 23.9 Å². The van der Waals surface area contributed by atoms with Gasteiger partial charge in [-0.3, -0.25) is 14.4 Å². The van der Waals surface area contributed by atoms with E-state index in [-0.39, 0.29) is 12.3 Å². The third kappa shape index (κ3) is 5.66. The molecule has 2 amide bonds. The first kappa shape index (κ1) is 23.3. The van der Waals surface area contributed by atoms with Crippen molar-refractivity contribution in [2.24, 2.45) is 5.92 Å². The highest BCUT2D eigenvalue weighted by atomic mass is 16.5. The van der Waals surface area contributed by atoms with E-state index in [1.807, 2.05) is 43.3 Å². The fourth-order valence-electron chi connectivity index (χ4n) is 3.88. The van der Waals surface area contributed by atoms with Crippen LogP contribution in [-0.4, -0.2) is 42.9 Å². The molecule has 7 heteroatoms. The van der Waals surface area contributed by atoms with E-state index in [2.05, 4.69) is 12.2 Å². The van der Waals surface area contributed by atoms with E-state index < -0.39 is 30.4 Å². The Morgan fingerprint density at radius 1 is 1.09 bits per heavy atom. The summed E-state index contributed by atoms with van der Waals surface area (Å²) in [5, 5.41) is 2.71. The SMILES string of the molecule is CCCCN1C(=O)C[C@@H](C(=O)OCC(=O)Nc2ccc(C)cc2)[C@H]1c1ccc(OC)cc1. The number of aryl methyl sites for hydroxylation is 1. The third-order valence-corrected chi connectivity index (χ3v) is 5.63. The fraction of sp³-hybridized carbons (Fsp3) is 0.400. The predicted octanol–water partition coefficient (Wildman–Crippen LogP) is 3.88. The van der Waals surface area contributed by atoms with Gasteiger partial charge in [-0.15, -0.1) is 0 Å². The summed E-state index contributed by atoms with van der Waals surface area (Å²) in [5.41, 5.74) is 2.56. The van der Waals surface area contributed by atoms with Crippen LogP contribution in [0.25, 0.3) is 0 Å². The van der Waals surface area contributed by atoms with Crippen LogP contribution >= 0.6 is 0 Å². The van der Waals surface area contributed by atoms with Crippen molar-refractivity contribution in [3.05, 3.63) is 59.7 Å². The minimum atomic E-state index is -0.667. The summed E-state index contributed by atoms with van der Waals surface area (Å²) in [4.78, 5) is 39.6. The molecule has 170 valence electrons. The molecule has 7 nitrogen and oxygen atoms in total. The number of carbonyl (C=O) groups is 3. The van der Waals surface area contributed by atoms with Crippen LogP contribution in [0.5, 0.6) is 5.75 Å².